The van der Waals surface area contributed by atoms with E-state index in [0.717, 1.165) is 5.56 Å². The molecule has 1 unspecified atom stereocenters. The zero-order valence-corrected chi connectivity index (χ0v) is 16.7. The summed E-state index contributed by atoms with van der Waals surface area (Å²) in [5, 5.41) is 20.6. The molecule has 2 aromatic carbocycles. The molecule has 0 amide bonds. The van der Waals surface area contributed by atoms with Crippen LogP contribution in [-0.2, 0) is 0 Å². The molecule has 3 rings (SSSR count). The van der Waals surface area contributed by atoms with Crippen molar-refractivity contribution in [3.8, 4) is 5.69 Å². The van der Waals surface area contributed by atoms with Gasteiger partial charge in [-0.1, -0.05) is 6.92 Å². The molecule has 5 nitrogen and oxygen atoms in total. The van der Waals surface area contributed by atoms with E-state index in [0.29, 0.717) is 35.2 Å². The molecular formula is C21H24F4N4O. The Kier molecular flexibility index (Phi) is 6.33. The third kappa shape index (κ3) is 4.57. The Hall–Kier alpha value is -2.65. The van der Waals surface area contributed by atoms with Crippen LogP contribution in [0.25, 0.3) is 16.6 Å². The number of aromatic nitrogens is 2. The molecule has 1 aromatic heterocycles. The first-order valence-corrected chi connectivity index (χ1v) is 9.62. The Bertz CT molecular complexity index is 1000. The summed E-state index contributed by atoms with van der Waals surface area (Å²) in [7, 11) is 0. The fraction of sp³-hybridized carbons (Fsp3) is 0.381. The lowest BCUT2D eigenvalue weighted by Gasteiger charge is -2.31. The van der Waals surface area contributed by atoms with Gasteiger partial charge in [0, 0.05) is 17.6 Å². The molecule has 0 saturated heterocycles. The first kappa shape index (κ1) is 22.0. The number of hydrogen-bond donors (Lipinski definition) is 3. The van der Waals surface area contributed by atoms with Crippen LogP contribution in [-0.4, -0.2) is 46.3 Å². The van der Waals surface area contributed by atoms with Crippen molar-refractivity contribution < 1.29 is 22.7 Å². The summed E-state index contributed by atoms with van der Waals surface area (Å²) in [4.78, 5) is 0. The van der Waals surface area contributed by atoms with Gasteiger partial charge in [0.25, 0.3) is 0 Å². The minimum Gasteiger partial charge on any atom is -0.381 e. The highest BCUT2D eigenvalue weighted by Gasteiger charge is 2.53. The van der Waals surface area contributed by atoms with Crippen LogP contribution in [0.3, 0.4) is 0 Å². The maximum atomic E-state index is 13.5. The van der Waals surface area contributed by atoms with Crippen molar-refractivity contribution in [2.24, 2.45) is 0 Å². The fourth-order valence-corrected chi connectivity index (χ4v) is 3.18. The fourth-order valence-electron chi connectivity index (χ4n) is 3.18. The third-order valence-corrected chi connectivity index (χ3v) is 4.85. The topological polar surface area (TPSA) is 62.1 Å². The predicted octanol–water partition coefficient (Wildman–Crippen LogP) is 4.18. The van der Waals surface area contributed by atoms with Crippen LogP contribution in [0.4, 0.5) is 23.2 Å². The minimum atomic E-state index is -4.80. The molecular weight excluding hydrogens is 400 g/mol. The number of aryl methyl sites for hydroxylation is 1. The van der Waals surface area contributed by atoms with Crippen molar-refractivity contribution in [1.82, 2.24) is 15.1 Å². The standard InChI is InChI=1S/C21H24F4N4O/c1-3-8-26-12-20(30,21(23,24)25)13-27-18-9-14(2)10-19-17(18)11-28-29(19)16-6-4-15(22)5-7-16/h4-7,9-11,26-27,30H,3,8,12-13H2,1-2H3. The third-order valence-electron chi connectivity index (χ3n) is 4.85. The van der Waals surface area contributed by atoms with Gasteiger partial charge in [-0.25, -0.2) is 9.07 Å². The van der Waals surface area contributed by atoms with E-state index in [4.69, 9.17) is 0 Å². The van der Waals surface area contributed by atoms with Crippen molar-refractivity contribution in [3.05, 3.63) is 54.0 Å². The van der Waals surface area contributed by atoms with E-state index >= 15 is 0 Å². The summed E-state index contributed by atoms with van der Waals surface area (Å²) in [6.07, 6.45) is -2.62. The summed E-state index contributed by atoms with van der Waals surface area (Å²) in [5.74, 6) is -0.378. The molecule has 0 aliphatic rings. The van der Waals surface area contributed by atoms with Gasteiger partial charge in [0.2, 0.25) is 0 Å². The number of hydrogen-bond acceptors (Lipinski definition) is 4. The van der Waals surface area contributed by atoms with Crippen molar-refractivity contribution in [2.45, 2.75) is 32.0 Å². The number of alkyl halides is 3. The number of fused-ring (bicyclic) bond motifs is 1. The zero-order valence-electron chi connectivity index (χ0n) is 16.7. The average molecular weight is 424 g/mol. The van der Waals surface area contributed by atoms with Crippen LogP contribution < -0.4 is 10.6 Å². The highest BCUT2D eigenvalue weighted by molar-refractivity contribution is 5.93. The maximum absolute atomic E-state index is 13.5. The molecule has 0 aliphatic carbocycles. The highest BCUT2D eigenvalue weighted by Crippen LogP contribution is 2.32. The Balaban J connectivity index is 1.91. The van der Waals surface area contributed by atoms with Crippen molar-refractivity contribution >= 4 is 16.6 Å². The number of rotatable bonds is 8. The van der Waals surface area contributed by atoms with Crippen LogP contribution in [0.2, 0.25) is 0 Å². The quantitative estimate of drug-likeness (QED) is 0.375. The first-order chi connectivity index (χ1) is 14.1. The Labute approximate surface area is 171 Å². The predicted molar refractivity (Wildman–Crippen MR) is 108 cm³/mol. The van der Waals surface area contributed by atoms with Crippen LogP contribution in [0.5, 0.6) is 0 Å². The van der Waals surface area contributed by atoms with Crippen LogP contribution in [0.1, 0.15) is 18.9 Å². The van der Waals surface area contributed by atoms with Crippen molar-refractivity contribution in [3.63, 3.8) is 0 Å². The number of aliphatic hydroxyl groups is 1. The second kappa shape index (κ2) is 8.61. The molecule has 162 valence electrons. The van der Waals surface area contributed by atoms with Gasteiger partial charge in [-0.3, -0.25) is 0 Å². The second-order valence-electron chi connectivity index (χ2n) is 7.34. The smallest absolute Gasteiger partial charge is 0.381 e. The van der Waals surface area contributed by atoms with E-state index in [1.807, 2.05) is 19.9 Å². The van der Waals surface area contributed by atoms with Crippen molar-refractivity contribution in [1.29, 1.82) is 0 Å². The Morgan fingerprint density at radius 1 is 1.10 bits per heavy atom. The van der Waals surface area contributed by atoms with Gasteiger partial charge < -0.3 is 15.7 Å². The lowest BCUT2D eigenvalue weighted by atomic mass is 10.0. The number of nitrogens with zero attached hydrogens (tertiary/aromatic N) is 2. The summed E-state index contributed by atoms with van der Waals surface area (Å²) in [6, 6.07) is 9.30. The monoisotopic (exact) mass is 424 g/mol. The van der Waals surface area contributed by atoms with Gasteiger partial charge in [-0.15, -0.1) is 0 Å². The van der Waals surface area contributed by atoms with Crippen molar-refractivity contribution in [2.75, 3.05) is 25.0 Å². The zero-order chi connectivity index (χ0) is 21.9. The molecule has 3 aromatic rings. The molecule has 1 heterocycles. The molecule has 9 heteroatoms. The minimum absolute atomic E-state index is 0.373. The van der Waals surface area contributed by atoms with Gasteiger partial charge in [0.1, 0.15) is 5.82 Å². The molecule has 0 saturated carbocycles. The van der Waals surface area contributed by atoms with E-state index in [1.54, 1.807) is 22.9 Å². The van der Waals surface area contributed by atoms with Gasteiger partial charge >= 0.3 is 6.18 Å². The molecule has 3 N–H and O–H groups in total. The van der Waals surface area contributed by atoms with Crippen LogP contribution in [0, 0.1) is 12.7 Å². The molecule has 0 bridgehead atoms. The molecule has 0 spiro atoms. The maximum Gasteiger partial charge on any atom is 0.420 e. The van der Waals surface area contributed by atoms with E-state index in [2.05, 4.69) is 15.7 Å². The molecule has 0 fully saturated rings. The highest BCUT2D eigenvalue weighted by atomic mass is 19.4. The molecule has 0 aliphatic heterocycles. The normalized spacial score (nSPS) is 14.1. The number of nitrogens with one attached hydrogen (secondary N) is 2. The van der Waals surface area contributed by atoms with Gasteiger partial charge in [0.15, 0.2) is 5.60 Å². The van der Waals surface area contributed by atoms with Gasteiger partial charge in [0.05, 0.1) is 23.9 Å². The van der Waals surface area contributed by atoms with E-state index in [-0.39, 0.29) is 5.82 Å². The van der Waals surface area contributed by atoms with Crippen LogP contribution >= 0.6 is 0 Å². The van der Waals surface area contributed by atoms with Gasteiger partial charge in [-0.05, 0) is 61.9 Å². The van der Waals surface area contributed by atoms with E-state index in [1.165, 1.54) is 18.3 Å². The first-order valence-electron chi connectivity index (χ1n) is 9.62. The van der Waals surface area contributed by atoms with Crippen LogP contribution in [0.15, 0.2) is 42.6 Å². The summed E-state index contributed by atoms with van der Waals surface area (Å²) in [5.41, 5.74) is -0.419. The number of halogens is 4. The van der Waals surface area contributed by atoms with Gasteiger partial charge in [-0.2, -0.15) is 18.3 Å². The van der Waals surface area contributed by atoms with E-state index < -0.39 is 24.9 Å². The largest absolute Gasteiger partial charge is 0.420 e. The summed E-state index contributed by atoms with van der Waals surface area (Å²) >= 11 is 0. The SMILES string of the molecule is CCCNCC(O)(CNc1cc(C)cc2c1cnn2-c1ccc(F)cc1)C(F)(F)F. The lowest BCUT2D eigenvalue weighted by Crippen LogP contribution is -2.57. The molecule has 0 radical (unpaired) electrons. The average Bonchev–Trinajstić information content (AvgIpc) is 3.10. The lowest BCUT2D eigenvalue weighted by molar-refractivity contribution is -0.252. The summed E-state index contributed by atoms with van der Waals surface area (Å²) in [6.45, 7) is 2.69. The Morgan fingerprint density at radius 3 is 2.43 bits per heavy atom. The summed E-state index contributed by atoms with van der Waals surface area (Å²) < 4.78 is 55.3. The number of anilines is 1. The number of benzene rings is 2. The van der Waals surface area contributed by atoms with E-state index in [9.17, 15) is 22.7 Å². The second-order valence-corrected chi connectivity index (χ2v) is 7.34. The Morgan fingerprint density at radius 2 is 1.80 bits per heavy atom. The molecule has 1 atom stereocenters. The molecule has 30 heavy (non-hydrogen) atoms.